The van der Waals surface area contributed by atoms with Crippen molar-refractivity contribution < 1.29 is 9.32 Å². The molecule has 1 aromatic carbocycles. The summed E-state index contributed by atoms with van der Waals surface area (Å²) in [5, 5.41) is 4.02. The van der Waals surface area contributed by atoms with Gasteiger partial charge < -0.3 is 9.42 Å². The Morgan fingerprint density at radius 3 is 2.61 bits per heavy atom. The number of hydrogen-bond donors (Lipinski definition) is 0. The van der Waals surface area contributed by atoms with Crippen LogP contribution in [-0.4, -0.2) is 47.0 Å². The van der Waals surface area contributed by atoms with Gasteiger partial charge in [0.25, 0.3) is 0 Å². The molecule has 0 spiro atoms. The number of amides is 1. The first-order valence-corrected chi connectivity index (χ1v) is 7.87. The standard InChI is InChI=1S/C18H21N3O2/c1-15-13-17(19-23-15)14-20-9-11-21(12-10-20)18(22)8-7-16-5-3-2-4-6-16/h2-8,13H,9-12,14H2,1H3/b8-7+. The van der Waals surface area contributed by atoms with E-state index in [4.69, 9.17) is 4.52 Å². The Hall–Kier alpha value is -2.40. The molecule has 0 unspecified atom stereocenters. The van der Waals surface area contributed by atoms with Gasteiger partial charge in [-0.3, -0.25) is 9.69 Å². The molecule has 0 aliphatic carbocycles. The van der Waals surface area contributed by atoms with E-state index < -0.39 is 0 Å². The number of benzene rings is 1. The van der Waals surface area contributed by atoms with E-state index in [1.807, 2.05) is 54.3 Å². The lowest BCUT2D eigenvalue weighted by atomic mass is 10.2. The predicted molar refractivity (Wildman–Crippen MR) is 88.6 cm³/mol. The zero-order chi connectivity index (χ0) is 16.1. The average molecular weight is 311 g/mol. The van der Waals surface area contributed by atoms with E-state index in [0.29, 0.717) is 0 Å². The lowest BCUT2D eigenvalue weighted by Gasteiger charge is -2.33. The highest BCUT2D eigenvalue weighted by atomic mass is 16.5. The Bertz CT molecular complexity index is 671. The second kappa shape index (κ2) is 7.24. The molecule has 1 amide bonds. The third-order valence-corrected chi connectivity index (χ3v) is 3.96. The highest BCUT2D eigenvalue weighted by molar-refractivity contribution is 5.91. The number of carbonyl (C=O) groups excluding carboxylic acids is 1. The summed E-state index contributed by atoms with van der Waals surface area (Å²) < 4.78 is 5.09. The summed E-state index contributed by atoms with van der Waals surface area (Å²) in [6.07, 6.45) is 3.53. The van der Waals surface area contributed by atoms with Gasteiger partial charge in [-0.15, -0.1) is 0 Å². The number of piperazine rings is 1. The summed E-state index contributed by atoms with van der Waals surface area (Å²) in [7, 11) is 0. The molecule has 1 fully saturated rings. The first-order chi connectivity index (χ1) is 11.2. The largest absolute Gasteiger partial charge is 0.361 e. The van der Waals surface area contributed by atoms with Crippen LogP contribution in [0.25, 0.3) is 6.08 Å². The lowest BCUT2D eigenvalue weighted by Crippen LogP contribution is -2.47. The van der Waals surface area contributed by atoms with Crippen LogP contribution in [0, 0.1) is 6.92 Å². The molecule has 0 saturated carbocycles. The Morgan fingerprint density at radius 2 is 1.96 bits per heavy atom. The molecule has 5 nitrogen and oxygen atoms in total. The maximum absolute atomic E-state index is 12.2. The van der Waals surface area contributed by atoms with E-state index in [1.54, 1.807) is 6.08 Å². The van der Waals surface area contributed by atoms with Gasteiger partial charge in [0.2, 0.25) is 5.91 Å². The molecular weight excluding hydrogens is 290 g/mol. The summed E-state index contributed by atoms with van der Waals surface area (Å²) >= 11 is 0. The monoisotopic (exact) mass is 311 g/mol. The van der Waals surface area contributed by atoms with Gasteiger partial charge in [0.05, 0.1) is 5.69 Å². The van der Waals surface area contributed by atoms with Gasteiger partial charge in [-0.05, 0) is 18.6 Å². The van der Waals surface area contributed by atoms with Crippen molar-refractivity contribution in [3.8, 4) is 0 Å². The van der Waals surface area contributed by atoms with Crippen LogP contribution in [0.5, 0.6) is 0 Å². The molecule has 1 aliphatic rings. The summed E-state index contributed by atoms with van der Waals surface area (Å²) in [5.41, 5.74) is 1.99. The molecule has 2 aromatic rings. The van der Waals surface area contributed by atoms with Crippen molar-refractivity contribution >= 4 is 12.0 Å². The maximum Gasteiger partial charge on any atom is 0.246 e. The Balaban J connectivity index is 1.48. The van der Waals surface area contributed by atoms with Crippen molar-refractivity contribution in [1.82, 2.24) is 15.0 Å². The molecule has 3 rings (SSSR count). The van der Waals surface area contributed by atoms with Crippen molar-refractivity contribution in [2.75, 3.05) is 26.2 Å². The highest BCUT2D eigenvalue weighted by Crippen LogP contribution is 2.10. The van der Waals surface area contributed by atoms with Crippen LogP contribution < -0.4 is 0 Å². The van der Waals surface area contributed by atoms with Crippen LogP contribution in [0.2, 0.25) is 0 Å². The third kappa shape index (κ3) is 4.29. The number of aromatic nitrogens is 1. The average Bonchev–Trinajstić information content (AvgIpc) is 2.99. The van der Waals surface area contributed by atoms with E-state index in [2.05, 4.69) is 10.1 Å². The molecule has 5 heteroatoms. The summed E-state index contributed by atoms with van der Waals surface area (Å²) in [6, 6.07) is 11.8. The highest BCUT2D eigenvalue weighted by Gasteiger charge is 2.20. The van der Waals surface area contributed by atoms with Gasteiger partial charge in [0.1, 0.15) is 5.76 Å². The Kier molecular flexibility index (Phi) is 4.88. The third-order valence-electron chi connectivity index (χ3n) is 3.96. The minimum atomic E-state index is 0.0748. The van der Waals surface area contributed by atoms with E-state index >= 15 is 0 Å². The Labute approximate surface area is 136 Å². The van der Waals surface area contributed by atoms with Crippen LogP contribution in [-0.2, 0) is 11.3 Å². The minimum Gasteiger partial charge on any atom is -0.361 e. The van der Waals surface area contributed by atoms with Crippen molar-refractivity contribution in [2.45, 2.75) is 13.5 Å². The number of nitrogens with zero attached hydrogens (tertiary/aromatic N) is 3. The van der Waals surface area contributed by atoms with E-state index in [0.717, 1.165) is 49.7 Å². The van der Waals surface area contributed by atoms with Gasteiger partial charge >= 0.3 is 0 Å². The number of rotatable bonds is 4. The second-order valence-electron chi connectivity index (χ2n) is 5.77. The molecule has 0 bridgehead atoms. The SMILES string of the molecule is Cc1cc(CN2CCN(C(=O)/C=C/c3ccccc3)CC2)no1. The lowest BCUT2D eigenvalue weighted by molar-refractivity contribution is -0.127. The summed E-state index contributed by atoms with van der Waals surface area (Å²) in [6.45, 7) is 5.88. The van der Waals surface area contributed by atoms with Crippen LogP contribution in [0.4, 0.5) is 0 Å². The molecule has 0 N–H and O–H groups in total. The van der Waals surface area contributed by atoms with Crippen LogP contribution >= 0.6 is 0 Å². The number of aryl methyl sites for hydroxylation is 1. The van der Waals surface area contributed by atoms with Crippen molar-refractivity contribution in [3.05, 3.63) is 59.5 Å². The fraction of sp³-hybridized carbons (Fsp3) is 0.333. The molecule has 0 radical (unpaired) electrons. The zero-order valence-electron chi connectivity index (χ0n) is 13.3. The van der Waals surface area contributed by atoms with E-state index in [-0.39, 0.29) is 5.91 Å². The normalized spacial score (nSPS) is 16.1. The second-order valence-corrected chi connectivity index (χ2v) is 5.77. The Morgan fingerprint density at radius 1 is 1.22 bits per heavy atom. The van der Waals surface area contributed by atoms with Crippen LogP contribution in [0.3, 0.4) is 0 Å². The van der Waals surface area contributed by atoms with Gasteiger partial charge in [0.15, 0.2) is 0 Å². The molecule has 1 aromatic heterocycles. The molecular formula is C18H21N3O2. The molecule has 23 heavy (non-hydrogen) atoms. The van der Waals surface area contributed by atoms with Gasteiger partial charge in [-0.25, -0.2) is 0 Å². The van der Waals surface area contributed by atoms with Crippen molar-refractivity contribution in [1.29, 1.82) is 0 Å². The number of hydrogen-bond acceptors (Lipinski definition) is 4. The quantitative estimate of drug-likeness (QED) is 0.813. The fourth-order valence-corrected chi connectivity index (χ4v) is 2.69. The topological polar surface area (TPSA) is 49.6 Å². The first-order valence-electron chi connectivity index (χ1n) is 7.87. The summed E-state index contributed by atoms with van der Waals surface area (Å²) in [5.74, 6) is 0.908. The molecule has 0 atom stereocenters. The minimum absolute atomic E-state index is 0.0748. The van der Waals surface area contributed by atoms with Crippen molar-refractivity contribution in [2.24, 2.45) is 0 Å². The van der Waals surface area contributed by atoms with Crippen LogP contribution in [0.15, 0.2) is 47.0 Å². The predicted octanol–water partition coefficient (Wildman–Crippen LogP) is 2.34. The zero-order valence-corrected chi connectivity index (χ0v) is 13.3. The smallest absolute Gasteiger partial charge is 0.246 e. The van der Waals surface area contributed by atoms with Gasteiger partial charge in [-0.2, -0.15) is 0 Å². The van der Waals surface area contributed by atoms with Gasteiger partial charge in [-0.1, -0.05) is 35.5 Å². The first kappa shape index (κ1) is 15.5. The van der Waals surface area contributed by atoms with Crippen molar-refractivity contribution in [3.63, 3.8) is 0 Å². The van der Waals surface area contributed by atoms with E-state index in [1.165, 1.54) is 0 Å². The molecule has 120 valence electrons. The summed E-state index contributed by atoms with van der Waals surface area (Å²) in [4.78, 5) is 16.4. The van der Waals surface area contributed by atoms with Gasteiger partial charge in [0, 0.05) is 44.9 Å². The molecule has 1 saturated heterocycles. The van der Waals surface area contributed by atoms with E-state index in [9.17, 15) is 4.79 Å². The number of carbonyl (C=O) groups is 1. The molecule has 2 heterocycles. The molecule has 1 aliphatic heterocycles. The fourth-order valence-electron chi connectivity index (χ4n) is 2.69. The van der Waals surface area contributed by atoms with Crippen LogP contribution in [0.1, 0.15) is 17.0 Å². The maximum atomic E-state index is 12.2.